The molecule has 2 heterocycles. The highest BCUT2D eigenvalue weighted by molar-refractivity contribution is 5.82. The fraction of sp³-hybridized carbons (Fsp3) is 0.238. The molecule has 0 saturated carbocycles. The van der Waals surface area contributed by atoms with Crippen molar-refractivity contribution in [2.45, 2.75) is 30.7 Å². The molecule has 0 amide bonds. The minimum absolute atomic E-state index is 0.00253. The molecule has 1 fully saturated rings. The molecule has 1 saturated heterocycles. The molecule has 11 nitrogen and oxygen atoms in total. The number of aliphatic hydroxyl groups is 3. The predicted molar refractivity (Wildman–Crippen MR) is 106 cm³/mol. The number of phenolic OH excluding ortho intramolecular Hbond substituents is 2. The van der Waals surface area contributed by atoms with Gasteiger partial charge >= 0.3 is 5.97 Å². The summed E-state index contributed by atoms with van der Waals surface area (Å²) in [4.78, 5) is 23.7. The van der Waals surface area contributed by atoms with Crippen molar-refractivity contribution in [3.8, 4) is 28.6 Å². The van der Waals surface area contributed by atoms with Crippen LogP contribution < -0.4 is 10.2 Å². The van der Waals surface area contributed by atoms with Crippen LogP contribution in [0.15, 0.2) is 51.7 Å². The highest BCUT2D eigenvalue weighted by atomic mass is 16.7. The number of carboxylic acids is 1. The average molecular weight is 446 g/mol. The number of ether oxygens (including phenoxy) is 2. The maximum Gasteiger partial charge on any atom is 0.335 e. The quantitative estimate of drug-likeness (QED) is 0.320. The summed E-state index contributed by atoms with van der Waals surface area (Å²) in [6.07, 6.45) is -9.31. The largest absolute Gasteiger partial charge is 0.508 e. The zero-order valence-corrected chi connectivity index (χ0v) is 16.2. The van der Waals surface area contributed by atoms with Gasteiger partial charge < -0.3 is 44.5 Å². The molecule has 11 heteroatoms. The third kappa shape index (κ3) is 3.85. The normalized spacial score (nSPS) is 25.5. The van der Waals surface area contributed by atoms with E-state index in [0.29, 0.717) is 5.56 Å². The lowest BCUT2D eigenvalue weighted by atomic mass is 9.99. The lowest BCUT2D eigenvalue weighted by Crippen LogP contribution is -2.61. The number of hydrogen-bond acceptors (Lipinski definition) is 10. The van der Waals surface area contributed by atoms with Gasteiger partial charge in [0.25, 0.3) is 0 Å². The van der Waals surface area contributed by atoms with Crippen molar-refractivity contribution in [3.05, 3.63) is 52.7 Å². The summed E-state index contributed by atoms with van der Waals surface area (Å²) in [5.41, 5.74) is -0.110. The summed E-state index contributed by atoms with van der Waals surface area (Å²) in [6.45, 7) is 0. The van der Waals surface area contributed by atoms with E-state index in [0.717, 1.165) is 12.1 Å². The number of hydrogen-bond donors (Lipinski definition) is 6. The Morgan fingerprint density at radius 2 is 1.72 bits per heavy atom. The second-order valence-electron chi connectivity index (χ2n) is 7.19. The van der Waals surface area contributed by atoms with Crippen molar-refractivity contribution in [3.63, 3.8) is 0 Å². The van der Waals surface area contributed by atoms with E-state index < -0.39 is 47.9 Å². The van der Waals surface area contributed by atoms with Crippen molar-refractivity contribution in [1.29, 1.82) is 0 Å². The molecule has 0 radical (unpaired) electrons. The van der Waals surface area contributed by atoms with Crippen molar-refractivity contribution in [1.82, 2.24) is 0 Å². The molecule has 0 aliphatic carbocycles. The number of benzene rings is 2. The number of carboxylic acid groups (broad SMARTS) is 1. The van der Waals surface area contributed by atoms with Crippen molar-refractivity contribution < 1.29 is 49.3 Å². The van der Waals surface area contributed by atoms with Crippen LogP contribution in [0.4, 0.5) is 0 Å². The Morgan fingerprint density at radius 3 is 2.41 bits per heavy atom. The molecule has 2 aromatic carbocycles. The Labute approximate surface area is 178 Å². The van der Waals surface area contributed by atoms with Crippen molar-refractivity contribution in [2.24, 2.45) is 0 Å². The third-order valence-corrected chi connectivity index (χ3v) is 5.00. The van der Waals surface area contributed by atoms with E-state index in [1.165, 1.54) is 18.2 Å². The number of fused-ring (bicyclic) bond motifs is 1. The van der Waals surface area contributed by atoms with E-state index in [1.807, 2.05) is 0 Å². The van der Waals surface area contributed by atoms with E-state index in [9.17, 15) is 35.1 Å². The van der Waals surface area contributed by atoms with Crippen molar-refractivity contribution in [2.75, 3.05) is 0 Å². The van der Waals surface area contributed by atoms with Gasteiger partial charge in [0.1, 0.15) is 35.4 Å². The fourth-order valence-corrected chi connectivity index (χ4v) is 3.34. The van der Waals surface area contributed by atoms with Crippen LogP contribution in [0, 0.1) is 0 Å². The average Bonchev–Trinajstić information content (AvgIpc) is 2.74. The summed E-state index contributed by atoms with van der Waals surface area (Å²) in [5, 5.41) is 58.8. The van der Waals surface area contributed by atoms with E-state index in [2.05, 4.69) is 0 Å². The van der Waals surface area contributed by atoms with Gasteiger partial charge in [0.05, 0.1) is 5.39 Å². The van der Waals surface area contributed by atoms with Gasteiger partial charge in [0.2, 0.25) is 6.29 Å². The van der Waals surface area contributed by atoms with Gasteiger partial charge in [-0.05, 0) is 18.2 Å². The van der Waals surface area contributed by atoms with Crippen LogP contribution in [-0.2, 0) is 9.53 Å². The number of carbonyl (C=O) groups is 1. The second kappa shape index (κ2) is 8.13. The van der Waals surface area contributed by atoms with Gasteiger partial charge in [-0.15, -0.1) is 0 Å². The molecule has 3 aromatic rings. The molecule has 1 unspecified atom stereocenters. The Hall–Kier alpha value is -3.64. The van der Waals surface area contributed by atoms with E-state index in [4.69, 9.17) is 19.0 Å². The SMILES string of the molecule is O=C(O)[C@H]1OC(Oc2cc3oc(-c4cccc(O)c4)cc(=O)c3cc2O)[C@H](O)[C@@H](O)[C@@H]1O. The predicted octanol–water partition coefficient (Wildman–Crippen LogP) is 0.142. The number of aliphatic carboxylic acids is 1. The molecule has 1 aliphatic rings. The molecular weight excluding hydrogens is 428 g/mol. The number of rotatable bonds is 4. The minimum Gasteiger partial charge on any atom is -0.508 e. The lowest BCUT2D eigenvalue weighted by Gasteiger charge is -2.38. The molecule has 6 N–H and O–H groups in total. The second-order valence-corrected chi connectivity index (χ2v) is 7.19. The molecule has 168 valence electrons. The maximum absolute atomic E-state index is 12.5. The van der Waals surface area contributed by atoms with Crippen LogP contribution in [0.2, 0.25) is 0 Å². The molecule has 5 atom stereocenters. The third-order valence-electron chi connectivity index (χ3n) is 5.00. The Morgan fingerprint density at radius 1 is 0.969 bits per heavy atom. The Balaban J connectivity index is 1.72. The fourth-order valence-electron chi connectivity index (χ4n) is 3.34. The first-order chi connectivity index (χ1) is 15.2. The molecule has 0 spiro atoms. The summed E-state index contributed by atoms with van der Waals surface area (Å²) in [7, 11) is 0. The summed E-state index contributed by atoms with van der Waals surface area (Å²) in [5.74, 6) is -2.41. The van der Waals surface area contributed by atoms with E-state index >= 15 is 0 Å². The van der Waals surface area contributed by atoms with Gasteiger partial charge in [-0.25, -0.2) is 4.79 Å². The Kier molecular flexibility index (Phi) is 5.48. The molecule has 4 rings (SSSR count). The summed E-state index contributed by atoms with van der Waals surface area (Å²) < 4.78 is 16.1. The first kappa shape index (κ1) is 21.6. The zero-order chi connectivity index (χ0) is 23.2. The van der Waals surface area contributed by atoms with Crippen LogP contribution in [-0.4, -0.2) is 67.3 Å². The smallest absolute Gasteiger partial charge is 0.335 e. The zero-order valence-electron chi connectivity index (χ0n) is 16.2. The monoisotopic (exact) mass is 446 g/mol. The van der Waals surface area contributed by atoms with Gasteiger partial charge in [-0.2, -0.15) is 0 Å². The van der Waals surface area contributed by atoms with E-state index in [1.54, 1.807) is 12.1 Å². The van der Waals surface area contributed by atoms with Gasteiger partial charge in [0, 0.05) is 17.7 Å². The Bertz CT molecular complexity index is 1230. The van der Waals surface area contributed by atoms with Crippen LogP contribution in [0.25, 0.3) is 22.3 Å². The highest BCUT2D eigenvalue weighted by Crippen LogP contribution is 2.35. The lowest BCUT2D eigenvalue weighted by molar-refractivity contribution is -0.271. The van der Waals surface area contributed by atoms with Crippen LogP contribution >= 0.6 is 0 Å². The minimum atomic E-state index is -1.91. The van der Waals surface area contributed by atoms with Crippen LogP contribution in [0.5, 0.6) is 17.2 Å². The van der Waals surface area contributed by atoms with Crippen LogP contribution in [0.3, 0.4) is 0 Å². The molecule has 32 heavy (non-hydrogen) atoms. The number of phenols is 2. The van der Waals surface area contributed by atoms with Gasteiger partial charge in [-0.1, -0.05) is 12.1 Å². The first-order valence-corrected chi connectivity index (χ1v) is 9.35. The van der Waals surface area contributed by atoms with Crippen LogP contribution in [0.1, 0.15) is 0 Å². The summed E-state index contributed by atoms with van der Waals surface area (Å²) in [6, 6.07) is 9.35. The first-order valence-electron chi connectivity index (χ1n) is 9.35. The topological polar surface area (TPSA) is 187 Å². The number of aliphatic hydroxyl groups excluding tert-OH is 3. The van der Waals surface area contributed by atoms with Gasteiger partial charge in [0.15, 0.2) is 23.0 Å². The molecule has 1 aromatic heterocycles. The molecular formula is C21H18O11. The summed E-state index contributed by atoms with van der Waals surface area (Å²) >= 11 is 0. The maximum atomic E-state index is 12.5. The number of aromatic hydroxyl groups is 2. The van der Waals surface area contributed by atoms with Gasteiger partial charge in [-0.3, -0.25) is 4.79 Å². The molecule has 0 bridgehead atoms. The standard InChI is InChI=1S/C21H18O11/c22-9-3-1-2-8(4-9)13-6-11(23)10-5-12(24)15(7-14(10)30-13)31-21-18(27)16(25)17(26)19(32-21)20(28)29/h1-7,16-19,21-22,24-27H,(H,28,29)/t16-,17-,18+,19-,21?/m0/s1. The van der Waals surface area contributed by atoms with E-state index in [-0.39, 0.29) is 28.2 Å². The van der Waals surface area contributed by atoms with Crippen molar-refractivity contribution >= 4 is 16.9 Å². The highest BCUT2D eigenvalue weighted by Gasteiger charge is 2.48. The molecule has 1 aliphatic heterocycles.